The molecule has 0 fully saturated rings. The summed E-state index contributed by atoms with van der Waals surface area (Å²) in [5.74, 6) is 0.820. The number of carbonyl (C=O) groups excluding carboxylic acids is 1. The lowest BCUT2D eigenvalue weighted by atomic mass is 10.1. The van der Waals surface area contributed by atoms with Crippen LogP contribution >= 0.6 is 11.3 Å². The Morgan fingerprint density at radius 1 is 1.40 bits per heavy atom. The Bertz CT molecular complexity index is 570. The van der Waals surface area contributed by atoms with E-state index in [4.69, 9.17) is 4.74 Å². The number of nitrogens with one attached hydrogen (secondary N) is 1. The van der Waals surface area contributed by atoms with Crippen molar-refractivity contribution in [3.63, 3.8) is 0 Å². The van der Waals surface area contributed by atoms with Gasteiger partial charge in [0.05, 0.1) is 6.61 Å². The summed E-state index contributed by atoms with van der Waals surface area (Å²) >= 11 is 1.31. The van der Waals surface area contributed by atoms with Gasteiger partial charge in [-0.25, -0.2) is 0 Å². The second-order valence-electron chi connectivity index (χ2n) is 4.51. The van der Waals surface area contributed by atoms with Crippen LogP contribution < -0.4 is 10.1 Å². The van der Waals surface area contributed by atoms with E-state index in [1.807, 2.05) is 26.0 Å². The standard InChI is InChI=1S/C14H17N3O2S/c1-10-5-6-11(2)12(8-10)19-7-3-4-13(18)16-14-17-15-9-20-14/h5-6,8-9H,3-4,7H2,1-2H3,(H,16,17,18). The van der Waals surface area contributed by atoms with E-state index in [0.717, 1.165) is 11.3 Å². The second-order valence-corrected chi connectivity index (χ2v) is 5.35. The lowest BCUT2D eigenvalue weighted by Gasteiger charge is -2.09. The first-order chi connectivity index (χ1) is 9.65. The van der Waals surface area contributed by atoms with Crippen LogP contribution in [0.25, 0.3) is 0 Å². The van der Waals surface area contributed by atoms with Crippen molar-refractivity contribution in [3.8, 4) is 5.75 Å². The summed E-state index contributed by atoms with van der Waals surface area (Å²) in [5.41, 5.74) is 3.85. The van der Waals surface area contributed by atoms with Gasteiger partial charge in [-0.1, -0.05) is 23.5 Å². The molecule has 0 aliphatic heterocycles. The van der Waals surface area contributed by atoms with Gasteiger partial charge < -0.3 is 10.1 Å². The van der Waals surface area contributed by atoms with E-state index >= 15 is 0 Å². The van der Waals surface area contributed by atoms with Gasteiger partial charge in [0.1, 0.15) is 11.3 Å². The number of hydrogen-bond donors (Lipinski definition) is 1. The number of aryl methyl sites for hydroxylation is 2. The van der Waals surface area contributed by atoms with Gasteiger partial charge in [0.2, 0.25) is 11.0 Å². The maximum atomic E-state index is 11.6. The molecule has 0 aliphatic rings. The maximum absolute atomic E-state index is 11.6. The fourth-order valence-corrected chi connectivity index (χ4v) is 2.15. The number of rotatable bonds is 6. The number of carbonyl (C=O) groups is 1. The molecule has 0 aliphatic carbocycles. The molecule has 1 amide bonds. The van der Waals surface area contributed by atoms with Crippen molar-refractivity contribution >= 4 is 22.4 Å². The summed E-state index contributed by atoms with van der Waals surface area (Å²) in [7, 11) is 0. The molecule has 0 atom stereocenters. The smallest absolute Gasteiger partial charge is 0.226 e. The zero-order valence-electron chi connectivity index (χ0n) is 11.5. The van der Waals surface area contributed by atoms with Crippen LogP contribution in [0.1, 0.15) is 24.0 Å². The van der Waals surface area contributed by atoms with Gasteiger partial charge in [-0.15, -0.1) is 10.2 Å². The van der Waals surface area contributed by atoms with Crippen LogP contribution in [-0.4, -0.2) is 22.7 Å². The summed E-state index contributed by atoms with van der Waals surface area (Å²) in [6.45, 7) is 4.56. The molecule has 6 heteroatoms. The predicted octanol–water partition coefficient (Wildman–Crippen LogP) is 2.95. The molecule has 0 bridgehead atoms. The first-order valence-corrected chi connectivity index (χ1v) is 7.29. The number of ether oxygens (including phenoxy) is 1. The third-order valence-corrected chi connectivity index (χ3v) is 3.36. The molecular formula is C14H17N3O2S. The molecule has 1 aromatic carbocycles. The van der Waals surface area contributed by atoms with Crippen LogP contribution in [0.3, 0.4) is 0 Å². The van der Waals surface area contributed by atoms with E-state index in [9.17, 15) is 4.79 Å². The van der Waals surface area contributed by atoms with Gasteiger partial charge in [-0.2, -0.15) is 0 Å². The lowest BCUT2D eigenvalue weighted by molar-refractivity contribution is -0.116. The van der Waals surface area contributed by atoms with Crippen LogP contribution in [-0.2, 0) is 4.79 Å². The monoisotopic (exact) mass is 291 g/mol. The number of aromatic nitrogens is 2. The molecule has 1 aromatic heterocycles. The van der Waals surface area contributed by atoms with Crippen molar-refractivity contribution in [2.45, 2.75) is 26.7 Å². The molecule has 2 aromatic rings. The van der Waals surface area contributed by atoms with Crippen molar-refractivity contribution in [1.29, 1.82) is 0 Å². The van der Waals surface area contributed by atoms with Crippen LogP contribution in [0, 0.1) is 13.8 Å². The van der Waals surface area contributed by atoms with E-state index in [1.165, 1.54) is 16.9 Å². The number of anilines is 1. The number of hydrogen-bond acceptors (Lipinski definition) is 5. The average molecular weight is 291 g/mol. The molecule has 1 N–H and O–H groups in total. The van der Waals surface area contributed by atoms with Gasteiger partial charge in [-0.05, 0) is 37.5 Å². The molecule has 0 spiro atoms. The lowest BCUT2D eigenvalue weighted by Crippen LogP contribution is -2.12. The normalized spacial score (nSPS) is 10.3. The molecule has 2 rings (SSSR count). The molecule has 0 radical (unpaired) electrons. The topological polar surface area (TPSA) is 64.1 Å². The minimum Gasteiger partial charge on any atom is -0.493 e. The minimum atomic E-state index is -0.0636. The second kappa shape index (κ2) is 7.00. The molecule has 1 heterocycles. The Hall–Kier alpha value is -1.95. The van der Waals surface area contributed by atoms with E-state index in [1.54, 1.807) is 5.51 Å². The first-order valence-electron chi connectivity index (χ1n) is 6.41. The summed E-state index contributed by atoms with van der Waals surface area (Å²) in [6, 6.07) is 6.10. The number of amides is 1. The maximum Gasteiger partial charge on any atom is 0.226 e. The molecule has 0 saturated heterocycles. The van der Waals surface area contributed by atoms with Gasteiger partial charge in [-0.3, -0.25) is 4.79 Å². The van der Waals surface area contributed by atoms with Crippen LogP contribution in [0.5, 0.6) is 5.75 Å². The summed E-state index contributed by atoms with van der Waals surface area (Å²) in [6.07, 6.45) is 1.07. The molecular weight excluding hydrogens is 274 g/mol. The van der Waals surface area contributed by atoms with Gasteiger partial charge in [0.15, 0.2) is 0 Å². The van der Waals surface area contributed by atoms with Crippen molar-refractivity contribution in [2.24, 2.45) is 0 Å². The molecule has 20 heavy (non-hydrogen) atoms. The fourth-order valence-electron chi connectivity index (χ4n) is 1.69. The highest BCUT2D eigenvalue weighted by Crippen LogP contribution is 2.19. The van der Waals surface area contributed by atoms with E-state index < -0.39 is 0 Å². The van der Waals surface area contributed by atoms with Crippen LogP contribution in [0.4, 0.5) is 5.13 Å². The largest absolute Gasteiger partial charge is 0.493 e. The summed E-state index contributed by atoms with van der Waals surface area (Å²) < 4.78 is 5.70. The summed E-state index contributed by atoms with van der Waals surface area (Å²) in [5, 5.41) is 10.6. The van der Waals surface area contributed by atoms with Gasteiger partial charge >= 0.3 is 0 Å². The highest BCUT2D eigenvalue weighted by molar-refractivity contribution is 7.13. The Labute approximate surface area is 122 Å². The molecule has 0 unspecified atom stereocenters. The summed E-state index contributed by atoms with van der Waals surface area (Å²) in [4.78, 5) is 11.6. The fraction of sp³-hybridized carbons (Fsp3) is 0.357. The third-order valence-electron chi connectivity index (χ3n) is 2.76. The van der Waals surface area contributed by atoms with Crippen molar-refractivity contribution < 1.29 is 9.53 Å². The Morgan fingerprint density at radius 3 is 3.00 bits per heavy atom. The SMILES string of the molecule is Cc1ccc(C)c(OCCCC(=O)Nc2nncs2)c1. The quantitative estimate of drug-likeness (QED) is 0.831. The molecule has 106 valence electrons. The Balaban J connectivity index is 1.71. The zero-order chi connectivity index (χ0) is 14.4. The van der Waals surface area contributed by atoms with Crippen LogP contribution in [0.15, 0.2) is 23.7 Å². The van der Waals surface area contributed by atoms with Crippen molar-refractivity contribution in [2.75, 3.05) is 11.9 Å². The van der Waals surface area contributed by atoms with E-state index in [0.29, 0.717) is 24.6 Å². The highest BCUT2D eigenvalue weighted by Gasteiger charge is 2.05. The number of benzene rings is 1. The van der Waals surface area contributed by atoms with Crippen LogP contribution in [0.2, 0.25) is 0 Å². The first kappa shape index (κ1) is 14.5. The zero-order valence-corrected chi connectivity index (χ0v) is 12.4. The Kier molecular flexibility index (Phi) is 5.06. The van der Waals surface area contributed by atoms with E-state index in [-0.39, 0.29) is 5.91 Å². The average Bonchev–Trinajstić information content (AvgIpc) is 2.91. The van der Waals surface area contributed by atoms with Gasteiger partial charge in [0, 0.05) is 6.42 Å². The predicted molar refractivity (Wildman–Crippen MR) is 79.2 cm³/mol. The van der Waals surface area contributed by atoms with Crippen molar-refractivity contribution in [3.05, 3.63) is 34.8 Å². The third kappa shape index (κ3) is 4.31. The Morgan fingerprint density at radius 2 is 2.25 bits per heavy atom. The molecule has 0 saturated carbocycles. The van der Waals surface area contributed by atoms with E-state index in [2.05, 4.69) is 21.6 Å². The highest BCUT2D eigenvalue weighted by atomic mass is 32.1. The minimum absolute atomic E-state index is 0.0636. The molecule has 5 nitrogen and oxygen atoms in total. The van der Waals surface area contributed by atoms with Gasteiger partial charge in [0.25, 0.3) is 0 Å². The number of nitrogens with zero attached hydrogens (tertiary/aromatic N) is 2. The van der Waals surface area contributed by atoms with Crippen molar-refractivity contribution in [1.82, 2.24) is 10.2 Å².